The van der Waals surface area contributed by atoms with Gasteiger partial charge in [0, 0.05) is 41.8 Å². The number of benzene rings is 1. The molecule has 1 amide bonds. The van der Waals surface area contributed by atoms with Crippen LogP contribution in [0.5, 0.6) is 0 Å². The Morgan fingerprint density at radius 1 is 1.27 bits per heavy atom. The van der Waals surface area contributed by atoms with E-state index >= 15 is 0 Å². The first-order chi connectivity index (χ1) is 18.0. The summed E-state index contributed by atoms with van der Waals surface area (Å²) >= 11 is 1.49. The molecule has 2 aliphatic heterocycles. The summed E-state index contributed by atoms with van der Waals surface area (Å²) in [6, 6.07) is 10.6. The zero-order valence-electron chi connectivity index (χ0n) is 20.9. The van der Waals surface area contributed by atoms with Crippen LogP contribution in [0, 0.1) is 5.92 Å². The average molecular weight is 520 g/mol. The quantitative estimate of drug-likeness (QED) is 0.370. The van der Waals surface area contributed by atoms with Crippen molar-refractivity contribution in [1.29, 1.82) is 0 Å². The molecule has 0 radical (unpaired) electrons. The molecule has 1 aromatic carbocycles. The monoisotopic (exact) mass is 519 g/mol. The highest BCUT2D eigenvalue weighted by atomic mass is 32.1. The Morgan fingerprint density at radius 2 is 2.19 bits per heavy atom. The maximum atomic E-state index is 12.8. The summed E-state index contributed by atoms with van der Waals surface area (Å²) in [4.78, 5) is 36.1. The predicted octanol–water partition coefficient (Wildman–Crippen LogP) is 4.09. The molecule has 4 heterocycles. The van der Waals surface area contributed by atoms with Crippen molar-refractivity contribution in [3.63, 3.8) is 0 Å². The van der Waals surface area contributed by atoms with E-state index in [-0.39, 0.29) is 5.91 Å². The number of nitrogens with one attached hydrogen (secondary N) is 2. The lowest BCUT2D eigenvalue weighted by Gasteiger charge is -2.20. The third-order valence-corrected chi connectivity index (χ3v) is 7.91. The number of thiazole rings is 1. The topological polar surface area (TPSA) is 107 Å². The number of anilines is 1. The van der Waals surface area contributed by atoms with E-state index in [1.54, 1.807) is 23.7 Å². The van der Waals surface area contributed by atoms with Crippen molar-refractivity contribution in [1.82, 2.24) is 20.2 Å². The van der Waals surface area contributed by atoms with E-state index in [1.807, 2.05) is 11.4 Å². The van der Waals surface area contributed by atoms with Crippen molar-refractivity contribution in [3.05, 3.63) is 64.1 Å². The minimum atomic E-state index is -1.01. The Hall–Kier alpha value is -3.30. The summed E-state index contributed by atoms with van der Waals surface area (Å²) in [5.41, 5.74) is 6.27. The summed E-state index contributed by atoms with van der Waals surface area (Å²) in [7, 11) is 0. The van der Waals surface area contributed by atoms with E-state index in [9.17, 15) is 14.7 Å². The van der Waals surface area contributed by atoms with Crippen molar-refractivity contribution in [3.8, 4) is 11.3 Å². The van der Waals surface area contributed by atoms with Crippen LogP contribution in [0.25, 0.3) is 11.3 Å². The van der Waals surface area contributed by atoms with E-state index in [1.165, 1.54) is 23.3 Å². The van der Waals surface area contributed by atoms with Gasteiger partial charge in [-0.1, -0.05) is 18.2 Å². The molecule has 2 aromatic heterocycles. The lowest BCUT2D eigenvalue weighted by molar-refractivity contribution is -0.139. The van der Waals surface area contributed by atoms with Gasteiger partial charge >= 0.3 is 5.97 Å². The SMILES string of the molecule is O=C(N[C@H](CCN1CC[C@@H](CCc2ccc3c(n2)NCCC3)C1)C(=O)O)c1cccc(-c2cscn2)c1. The second-order valence-electron chi connectivity index (χ2n) is 9.94. The zero-order valence-corrected chi connectivity index (χ0v) is 21.7. The van der Waals surface area contributed by atoms with Crippen LogP contribution < -0.4 is 10.6 Å². The Kier molecular flexibility index (Phi) is 8.11. The number of carbonyl (C=O) groups excluding carboxylic acids is 1. The van der Waals surface area contributed by atoms with E-state index in [2.05, 4.69) is 32.7 Å². The van der Waals surface area contributed by atoms with Gasteiger partial charge in [0.15, 0.2) is 0 Å². The molecular formula is C28H33N5O3S. The third-order valence-electron chi connectivity index (χ3n) is 7.32. The summed E-state index contributed by atoms with van der Waals surface area (Å²) < 4.78 is 0. The molecule has 37 heavy (non-hydrogen) atoms. The smallest absolute Gasteiger partial charge is 0.326 e. The van der Waals surface area contributed by atoms with Gasteiger partial charge in [0.05, 0.1) is 11.2 Å². The molecule has 2 atom stereocenters. The van der Waals surface area contributed by atoms with Crippen LogP contribution in [-0.2, 0) is 17.6 Å². The molecule has 9 heteroatoms. The van der Waals surface area contributed by atoms with Crippen LogP contribution in [0.15, 0.2) is 47.3 Å². The van der Waals surface area contributed by atoms with E-state index < -0.39 is 12.0 Å². The molecule has 2 aliphatic rings. The first-order valence-electron chi connectivity index (χ1n) is 13.0. The number of pyridine rings is 1. The molecule has 0 bridgehead atoms. The van der Waals surface area contributed by atoms with Gasteiger partial charge in [0.2, 0.25) is 0 Å². The molecule has 5 rings (SSSR count). The number of aromatic nitrogens is 2. The summed E-state index contributed by atoms with van der Waals surface area (Å²) in [5, 5.41) is 17.8. The van der Waals surface area contributed by atoms with Gasteiger partial charge in [0.25, 0.3) is 5.91 Å². The van der Waals surface area contributed by atoms with E-state index in [0.717, 1.165) is 68.1 Å². The largest absolute Gasteiger partial charge is 0.480 e. The number of carboxylic acids is 1. The van der Waals surface area contributed by atoms with Gasteiger partial charge in [-0.3, -0.25) is 4.79 Å². The van der Waals surface area contributed by atoms with Crippen LogP contribution >= 0.6 is 11.3 Å². The van der Waals surface area contributed by atoms with Crippen LogP contribution in [-0.4, -0.2) is 64.1 Å². The molecule has 0 saturated carbocycles. The van der Waals surface area contributed by atoms with Gasteiger partial charge < -0.3 is 20.6 Å². The maximum absolute atomic E-state index is 12.8. The highest BCUT2D eigenvalue weighted by molar-refractivity contribution is 7.07. The molecule has 1 saturated heterocycles. The highest BCUT2D eigenvalue weighted by Gasteiger charge is 2.26. The zero-order chi connectivity index (χ0) is 25.6. The van der Waals surface area contributed by atoms with Gasteiger partial charge in [-0.15, -0.1) is 11.3 Å². The van der Waals surface area contributed by atoms with Crippen molar-refractivity contribution in [2.45, 2.75) is 44.6 Å². The number of carbonyl (C=O) groups is 2. The van der Waals surface area contributed by atoms with Crippen molar-refractivity contribution >= 4 is 29.0 Å². The first-order valence-corrected chi connectivity index (χ1v) is 14.0. The lowest BCUT2D eigenvalue weighted by Crippen LogP contribution is -2.43. The number of likely N-dealkylation sites (tertiary alicyclic amines) is 1. The number of hydrogen-bond donors (Lipinski definition) is 3. The number of aryl methyl sites for hydroxylation is 2. The Balaban J connectivity index is 1.09. The number of carboxylic acid groups (broad SMARTS) is 1. The predicted molar refractivity (Wildman–Crippen MR) is 145 cm³/mol. The van der Waals surface area contributed by atoms with Crippen LogP contribution in [0.2, 0.25) is 0 Å². The Morgan fingerprint density at radius 3 is 3.03 bits per heavy atom. The fraction of sp³-hybridized carbons (Fsp3) is 0.429. The van der Waals surface area contributed by atoms with E-state index in [0.29, 0.717) is 24.4 Å². The van der Waals surface area contributed by atoms with Crippen molar-refractivity contribution < 1.29 is 14.7 Å². The average Bonchev–Trinajstić information content (AvgIpc) is 3.62. The number of amides is 1. The highest BCUT2D eigenvalue weighted by Crippen LogP contribution is 2.24. The Labute approximate surface area is 221 Å². The molecule has 0 aliphatic carbocycles. The van der Waals surface area contributed by atoms with Crippen molar-refractivity contribution in [2.75, 3.05) is 31.5 Å². The third kappa shape index (κ3) is 6.53. The molecule has 0 spiro atoms. The van der Waals surface area contributed by atoms with Crippen molar-refractivity contribution in [2.24, 2.45) is 5.92 Å². The summed E-state index contributed by atoms with van der Waals surface area (Å²) in [6.07, 6.45) is 5.79. The normalized spacial score (nSPS) is 18.1. The van der Waals surface area contributed by atoms with E-state index in [4.69, 9.17) is 4.98 Å². The number of rotatable bonds is 10. The molecule has 0 unspecified atom stereocenters. The van der Waals surface area contributed by atoms with Gasteiger partial charge in [-0.25, -0.2) is 14.8 Å². The Bertz CT molecular complexity index is 1230. The van der Waals surface area contributed by atoms with Gasteiger partial charge in [0.1, 0.15) is 11.9 Å². The minimum absolute atomic E-state index is 0.373. The number of nitrogens with zero attached hydrogens (tertiary/aromatic N) is 3. The second-order valence-corrected chi connectivity index (χ2v) is 10.7. The van der Waals surface area contributed by atoms with Crippen LogP contribution in [0.4, 0.5) is 5.82 Å². The first kappa shape index (κ1) is 25.4. The molecule has 8 nitrogen and oxygen atoms in total. The fourth-order valence-corrected chi connectivity index (χ4v) is 5.76. The second kappa shape index (κ2) is 11.8. The summed E-state index contributed by atoms with van der Waals surface area (Å²) in [6.45, 7) is 3.56. The molecule has 194 valence electrons. The molecular weight excluding hydrogens is 486 g/mol. The van der Waals surface area contributed by atoms with Crippen LogP contribution in [0.3, 0.4) is 0 Å². The van der Waals surface area contributed by atoms with Crippen LogP contribution in [0.1, 0.15) is 47.3 Å². The maximum Gasteiger partial charge on any atom is 0.326 e. The minimum Gasteiger partial charge on any atom is -0.480 e. The fourth-order valence-electron chi connectivity index (χ4n) is 5.20. The number of aliphatic carboxylic acids is 1. The molecule has 3 aromatic rings. The van der Waals surface area contributed by atoms with Gasteiger partial charge in [-0.05, 0) is 74.8 Å². The standard InChI is InChI=1S/C28H33N5O3S/c34-27(22-4-1-3-21(15-22)25-17-37-18-30-25)32-24(28(35)36)11-14-33-13-10-19(16-33)6-8-23-9-7-20-5-2-12-29-26(20)31-23/h1,3-4,7,9,15,17-19,24H,2,5-6,8,10-14,16H2,(H,29,31)(H,32,34)(H,35,36)/t19-,24-/m1/s1. The lowest BCUT2D eigenvalue weighted by atomic mass is 10.00. The molecule has 3 N–H and O–H groups in total. The molecule has 1 fully saturated rings. The number of fused-ring (bicyclic) bond motifs is 1. The number of hydrogen-bond acceptors (Lipinski definition) is 7. The summed E-state index contributed by atoms with van der Waals surface area (Å²) in [5.74, 6) is 0.244. The van der Waals surface area contributed by atoms with Gasteiger partial charge in [-0.2, -0.15) is 0 Å².